The molecule has 1 aromatic rings. The Labute approximate surface area is 172 Å². The molecule has 0 aliphatic carbocycles. The Bertz CT molecular complexity index is 622. The molecular formula is C21H33NO7. The molecule has 29 heavy (non-hydrogen) atoms. The summed E-state index contributed by atoms with van der Waals surface area (Å²) in [6.07, 6.45) is -0.640. The average molecular weight is 411 g/mol. The van der Waals surface area contributed by atoms with E-state index in [0.717, 1.165) is 11.4 Å². The lowest BCUT2D eigenvalue weighted by Crippen LogP contribution is -2.52. The Balaban J connectivity index is 2.30. The Morgan fingerprint density at radius 3 is 2.10 bits per heavy atom. The van der Waals surface area contributed by atoms with Crippen LogP contribution in [0, 0.1) is 5.92 Å². The third-order valence-electron chi connectivity index (χ3n) is 4.98. The van der Waals surface area contributed by atoms with E-state index < -0.39 is 17.7 Å². The predicted molar refractivity (Wildman–Crippen MR) is 108 cm³/mol. The van der Waals surface area contributed by atoms with Gasteiger partial charge in [0.2, 0.25) is 0 Å². The number of benzene rings is 1. The highest BCUT2D eigenvalue weighted by Gasteiger charge is 2.52. The molecule has 0 spiro atoms. The molecule has 4 atom stereocenters. The minimum atomic E-state index is -1.10. The summed E-state index contributed by atoms with van der Waals surface area (Å²) in [6.45, 7) is 6.41. The van der Waals surface area contributed by atoms with E-state index in [2.05, 4.69) is 5.32 Å². The second-order valence-electron chi connectivity index (χ2n) is 7.13. The van der Waals surface area contributed by atoms with Crippen LogP contribution >= 0.6 is 0 Å². The minimum Gasteiger partial charge on any atom is -0.497 e. The number of methoxy groups -OCH3 is 3. The van der Waals surface area contributed by atoms with E-state index >= 15 is 0 Å². The van der Waals surface area contributed by atoms with Crippen LogP contribution in [-0.2, 0) is 28.5 Å². The lowest BCUT2D eigenvalue weighted by molar-refractivity contribution is -0.191. The van der Waals surface area contributed by atoms with E-state index in [0.29, 0.717) is 19.8 Å². The summed E-state index contributed by atoms with van der Waals surface area (Å²) < 4.78 is 33.5. The number of anilines is 1. The summed E-state index contributed by atoms with van der Waals surface area (Å²) in [6, 6.07) is 6.92. The fourth-order valence-electron chi connectivity index (χ4n) is 3.53. The molecule has 1 aliphatic heterocycles. The third-order valence-corrected chi connectivity index (χ3v) is 4.98. The minimum absolute atomic E-state index is 0.301. The van der Waals surface area contributed by atoms with Crippen LogP contribution in [0.3, 0.4) is 0 Å². The number of ether oxygens (including phenoxy) is 6. The van der Waals surface area contributed by atoms with E-state index in [1.54, 1.807) is 35.2 Å². The Kier molecular flexibility index (Phi) is 8.70. The summed E-state index contributed by atoms with van der Waals surface area (Å²) in [5.41, 5.74) is 0.804. The van der Waals surface area contributed by atoms with Gasteiger partial charge in [0, 0.05) is 19.9 Å². The molecule has 0 bridgehead atoms. The first-order chi connectivity index (χ1) is 13.9. The molecule has 0 unspecified atom stereocenters. The number of hydrogen-bond donors (Lipinski definition) is 1. The fourth-order valence-corrected chi connectivity index (χ4v) is 3.53. The van der Waals surface area contributed by atoms with Crippen molar-refractivity contribution < 1.29 is 33.2 Å². The van der Waals surface area contributed by atoms with Crippen LogP contribution in [0.4, 0.5) is 5.69 Å². The van der Waals surface area contributed by atoms with Crippen molar-refractivity contribution >= 4 is 11.7 Å². The molecule has 0 saturated carbocycles. The first kappa shape index (κ1) is 23.4. The SMILES string of the molecule is CCOC(=O)[C@@H](C)[C@@H](Nc1ccc(OC)cc1)C1(C)O[C@@H](COC)[C@H](COC)O1. The molecule has 0 radical (unpaired) electrons. The zero-order valence-corrected chi connectivity index (χ0v) is 18.1. The maximum atomic E-state index is 12.5. The molecule has 1 aromatic carbocycles. The predicted octanol–water partition coefficient (Wildman–Crippen LogP) is 2.47. The van der Waals surface area contributed by atoms with Crippen molar-refractivity contribution in [3.05, 3.63) is 24.3 Å². The Morgan fingerprint density at radius 2 is 1.66 bits per heavy atom. The lowest BCUT2D eigenvalue weighted by Gasteiger charge is -2.37. The molecule has 8 heteroatoms. The number of nitrogens with one attached hydrogen (secondary N) is 1. The molecule has 8 nitrogen and oxygen atoms in total. The van der Waals surface area contributed by atoms with Gasteiger partial charge in [0.25, 0.3) is 0 Å². The average Bonchev–Trinajstić information content (AvgIpc) is 3.03. The van der Waals surface area contributed by atoms with E-state index in [4.69, 9.17) is 28.4 Å². The van der Waals surface area contributed by atoms with Gasteiger partial charge in [-0.3, -0.25) is 4.79 Å². The quantitative estimate of drug-likeness (QED) is 0.556. The Hall–Kier alpha value is -1.87. The molecular weight excluding hydrogens is 378 g/mol. The van der Waals surface area contributed by atoms with E-state index in [9.17, 15) is 4.79 Å². The van der Waals surface area contributed by atoms with E-state index in [-0.39, 0.29) is 18.2 Å². The highest BCUT2D eigenvalue weighted by molar-refractivity contribution is 5.74. The summed E-state index contributed by atoms with van der Waals surface area (Å²) in [7, 11) is 4.83. The largest absolute Gasteiger partial charge is 0.497 e. The third kappa shape index (κ3) is 5.82. The van der Waals surface area contributed by atoms with Crippen molar-refractivity contribution in [1.82, 2.24) is 0 Å². The molecule has 164 valence electrons. The van der Waals surface area contributed by atoms with E-state index in [1.165, 1.54) is 0 Å². The van der Waals surface area contributed by atoms with Crippen molar-refractivity contribution in [2.45, 2.75) is 44.8 Å². The normalized spacial score (nSPS) is 22.7. The van der Waals surface area contributed by atoms with Crippen LogP contribution < -0.4 is 10.1 Å². The van der Waals surface area contributed by atoms with Crippen molar-refractivity contribution in [2.24, 2.45) is 5.92 Å². The molecule has 1 saturated heterocycles. The van der Waals surface area contributed by atoms with Gasteiger partial charge in [0.05, 0.1) is 38.9 Å². The maximum absolute atomic E-state index is 12.5. The van der Waals surface area contributed by atoms with Gasteiger partial charge in [-0.25, -0.2) is 0 Å². The number of rotatable bonds is 11. The first-order valence-electron chi connectivity index (χ1n) is 9.79. The van der Waals surface area contributed by atoms with Gasteiger partial charge in [-0.15, -0.1) is 0 Å². The summed E-state index contributed by atoms with van der Waals surface area (Å²) >= 11 is 0. The molecule has 1 heterocycles. The van der Waals surface area contributed by atoms with Gasteiger partial charge in [0.15, 0.2) is 5.79 Å². The van der Waals surface area contributed by atoms with Crippen molar-refractivity contribution in [1.29, 1.82) is 0 Å². The van der Waals surface area contributed by atoms with Crippen LogP contribution in [0.2, 0.25) is 0 Å². The second kappa shape index (κ2) is 10.8. The van der Waals surface area contributed by atoms with Crippen LogP contribution in [0.25, 0.3) is 0 Å². The number of esters is 1. The van der Waals surface area contributed by atoms with Gasteiger partial charge < -0.3 is 33.7 Å². The zero-order chi connectivity index (χ0) is 21.4. The maximum Gasteiger partial charge on any atom is 0.310 e. The van der Waals surface area contributed by atoms with Crippen LogP contribution in [0.1, 0.15) is 20.8 Å². The van der Waals surface area contributed by atoms with Gasteiger partial charge >= 0.3 is 5.97 Å². The Morgan fingerprint density at radius 1 is 1.10 bits per heavy atom. The number of carbonyl (C=O) groups excluding carboxylic acids is 1. The smallest absolute Gasteiger partial charge is 0.310 e. The number of carbonyl (C=O) groups is 1. The second-order valence-corrected chi connectivity index (χ2v) is 7.13. The zero-order valence-electron chi connectivity index (χ0n) is 18.1. The first-order valence-corrected chi connectivity index (χ1v) is 9.79. The van der Waals surface area contributed by atoms with Crippen LogP contribution in [-0.4, -0.2) is 71.2 Å². The summed E-state index contributed by atoms with van der Waals surface area (Å²) in [5, 5.41) is 3.39. The molecule has 0 aromatic heterocycles. The monoisotopic (exact) mass is 411 g/mol. The van der Waals surface area contributed by atoms with E-state index in [1.807, 2.05) is 31.2 Å². The van der Waals surface area contributed by atoms with Crippen molar-refractivity contribution in [3.8, 4) is 5.75 Å². The molecule has 2 rings (SSSR count). The number of hydrogen-bond acceptors (Lipinski definition) is 8. The summed E-state index contributed by atoms with van der Waals surface area (Å²) in [5.74, 6) is -1.22. The van der Waals surface area contributed by atoms with Gasteiger partial charge in [-0.05, 0) is 45.0 Å². The van der Waals surface area contributed by atoms with Gasteiger partial charge in [-0.2, -0.15) is 0 Å². The molecule has 1 fully saturated rings. The molecule has 0 amide bonds. The summed E-state index contributed by atoms with van der Waals surface area (Å²) in [4.78, 5) is 12.5. The van der Waals surface area contributed by atoms with Gasteiger partial charge in [0.1, 0.15) is 18.0 Å². The van der Waals surface area contributed by atoms with Gasteiger partial charge in [-0.1, -0.05) is 0 Å². The standard InChI is InChI=1S/C21H33NO7/c1-7-27-20(23)14(2)19(22-15-8-10-16(26-6)11-9-15)21(3)28-17(12-24-4)18(29-21)13-25-5/h8-11,14,17-19,22H,7,12-13H2,1-6H3/t14-,17-,18-,19+/m0/s1. The van der Waals surface area contributed by atoms with Crippen molar-refractivity contribution in [2.75, 3.05) is 46.5 Å². The molecule has 1 N–H and O–H groups in total. The highest BCUT2D eigenvalue weighted by Crippen LogP contribution is 2.37. The van der Waals surface area contributed by atoms with Crippen LogP contribution in [0.5, 0.6) is 5.75 Å². The topological polar surface area (TPSA) is 84.5 Å². The van der Waals surface area contributed by atoms with Crippen LogP contribution in [0.15, 0.2) is 24.3 Å². The lowest BCUT2D eigenvalue weighted by atomic mass is 9.94. The highest BCUT2D eigenvalue weighted by atomic mass is 16.8. The molecule has 1 aliphatic rings. The fraction of sp³-hybridized carbons (Fsp3) is 0.667. The van der Waals surface area contributed by atoms with Crippen molar-refractivity contribution in [3.63, 3.8) is 0 Å².